The van der Waals surface area contributed by atoms with Gasteiger partial charge in [0.05, 0.1) is 6.07 Å². The molecule has 2 nitrogen and oxygen atoms in total. The van der Waals surface area contributed by atoms with Gasteiger partial charge in [-0.2, -0.15) is 17.0 Å². The highest BCUT2D eigenvalue weighted by Gasteiger charge is 2.27. The molecule has 1 saturated heterocycles. The summed E-state index contributed by atoms with van der Waals surface area (Å²) >= 11 is 1.82. The molecule has 56 valence electrons. The number of nitriles is 1. The molecule has 0 amide bonds. The highest BCUT2D eigenvalue weighted by molar-refractivity contribution is 7.99. The van der Waals surface area contributed by atoms with Crippen LogP contribution in [0.2, 0.25) is 0 Å². The third-order valence-electron chi connectivity index (χ3n) is 1.75. The zero-order chi connectivity index (χ0) is 7.45. The topological polar surface area (TPSA) is 44.0 Å². The lowest BCUT2D eigenvalue weighted by Crippen LogP contribution is -2.25. The van der Waals surface area contributed by atoms with Crippen molar-refractivity contribution < 1.29 is 5.11 Å². The SMILES string of the molecule is N#CC1(O)CCCSCC1. The van der Waals surface area contributed by atoms with Crippen molar-refractivity contribution in [1.82, 2.24) is 0 Å². The minimum Gasteiger partial charge on any atom is -0.375 e. The number of rotatable bonds is 0. The lowest BCUT2D eigenvalue weighted by molar-refractivity contribution is 0.0876. The Kier molecular flexibility index (Phi) is 2.58. The Morgan fingerprint density at radius 1 is 1.40 bits per heavy atom. The van der Waals surface area contributed by atoms with Crippen molar-refractivity contribution in [3.8, 4) is 6.07 Å². The number of hydrogen-bond donors (Lipinski definition) is 1. The zero-order valence-corrected chi connectivity index (χ0v) is 6.65. The first-order valence-corrected chi connectivity index (χ1v) is 4.64. The van der Waals surface area contributed by atoms with Gasteiger partial charge in [-0.3, -0.25) is 0 Å². The Morgan fingerprint density at radius 2 is 2.20 bits per heavy atom. The summed E-state index contributed by atoms with van der Waals surface area (Å²) in [7, 11) is 0. The van der Waals surface area contributed by atoms with Crippen molar-refractivity contribution in [2.24, 2.45) is 0 Å². The quantitative estimate of drug-likeness (QED) is 0.537. The van der Waals surface area contributed by atoms with Gasteiger partial charge in [-0.25, -0.2) is 0 Å². The monoisotopic (exact) mass is 157 g/mol. The summed E-state index contributed by atoms with van der Waals surface area (Å²) in [5.74, 6) is 2.01. The van der Waals surface area contributed by atoms with Crippen LogP contribution in [0, 0.1) is 11.3 Å². The van der Waals surface area contributed by atoms with E-state index >= 15 is 0 Å². The van der Waals surface area contributed by atoms with Gasteiger partial charge in [-0.15, -0.1) is 0 Å². The van der Waals surface area contributed by atoms with Crippen molar-refractivity contribution in [2.45, 2.75) is 24.9 Å². The Morgan fingerprint density at radius 3 is 2.90 bits per heavy atom. The molecule has 1 atom stereocenters. The third-order valence-corrected chi connectivity index (χ3v) is 2.82. The first-order valence-electron chi connectivity index (χ1n) is 3.48. The standard InChI is InChI=1S/C7H11NOS/c8-6-7(9)2-1-4-10-5-3-7/h9H,1-5H2. The summed E-state index contributed by atoms with van der Waals surface area (Å²) in [5, 5.41) is 18.1. The van der Waals surface area contributed by atoms with Crippen LogP contribution in [-0.4, -0.2) is 22.2 Å². The smallest absolute Gasteiger partial charge is 0.151 e. The summed E-state index contributed by atoms with van der Waals surface area (Å²) in [6, 6.07) is 1.96. The summed E-state index contributed by atoms with van der Waals surface area (Å²) < 4.78 is 0. The fourth-order valence-corrected chi connectivity index (χ4v) is 2.08. The third kappa shape index (κ3) is 1.89. The molecule has 1 aliphatic heterocycles. The average Bonchev–Trinajstić information content (AvgIpc) is 2.15. The Balaban J connectivity index is 2.51. The highest BCUT2D eigenvalue weighted by Crippen LogP contribution is 2.24. The molecule has 0 bridgehead atoms. The van der Waals surface area contributed by atoms with Crippen LogP contribution in [0.4, 0.5) is 0 Å². The van der Waals surface area contributed by atoms with Gasteiger partial charge >= 0.3 is 0 Å². The van der Waals surface area contributed by atoms with E-state index in [0.717, 1.165) is 17.9 Å². The fourth-order valence-electron chi connectivity index (χ4n) is 1.05. The molecule has 1 heterocycles. The van der Waals surface area contributed by atoms with Crippen molar-refractivity contribution in [3.05, 3.63) is 0 Å². The number of hydrogen-bond acceptors (Lipinski definition) is 3. The molecule has 0 saturated carbocycles. The maximum atomic E-state index is 9.49. The molecule has 0 aromatic rings. The Labute approximate surface area is 65.2 Å². The second-order valence-electron chi connectivity index (χ2n) is 2.61. The summed E-state index contributed by atoms with van der Waals surface area (Å²) in [4.78, 5) is 0. The van der Waals surface area contributed by atoms with Crippen LogP contribution in [0.25, 0.3) is 0 Å². The Hall–Kier alpha value is -0.200. The van der Waals surface area contributed by atoms with Crippen LogP contribution in [0.15, 0.2) is 0 Å². The van der Waals surface area contributed by atoms with E-state index in [1.54, 1.807) is 0 Å². The van der Waals surface area contributed by atoms with Gasteiger partial charge in [0.1, 0.15) is 0 Å². The van der Waals surface area contributed by atoms with E-state index in [2.05, 4.69) is 0 Å². The molecule has 1 fully saturated rings. The molecule has 0 radical (unpaired) electrons. The predicted octanol–water partition coefficient (Wildman–Crippen LogP) is 1.16. The van der Waals surface area contributed by atoms with E-state index in [0.29, 0.717) is 12.8 Å². The van der Waals surface area contributed by atoms with Gasteiger partial charge in [0.15, 0.2) is 5.60 Å². The van der Waals surface area contributed by atoms with Crippen LogP contribution in [0.5, 0.6) is 0 Å². The van der Waals surface area contributed by atoms with Gasteiger partial charge in [0.2, 0.25) is 0 Å². The first-order chi connectivity index (χ1) is 4.77. The molecule has 10 heavy (non-hydrogen) atoms. The lowest BCUT2D eigenvalue weighted by atomic mass is 9.97. The van der Waals surface area contributed by atoms with Crippen LogP contribution >= 0.6 is 11.8 Å². The van der Waals surface area contributed by atoms with Crippen molar-refractivity contribution in [1.29, 1.82) is 5.26 Å². The molecule has 0 aliphatic carbocycles. The minimum absolute atomic E-state index is 0.633. The number of thioether (sulfide) groups is 1. The molecule has 1 N–H and O–H groups in total. The van der Waals surface area contributed by atoms with E-state index in [1.807, 2.05) is 17.8 Å². The van der Waals surface area contributed by atoms with Crippen LogP contribution in [0.3, 0.4) is 0 Å². The molecular weight excluding hydrogens is 146 g/mol. The van der Waals surface area contributed by atoms with Crippen molar-refractivity contribution in [2.75, 3.05) is 11.5 Å². The molecule has 1 unspecified atom stereocenters. The Bertz CT molecular complexity index is 144. The average molecular weight is 157 g/mol. The largest absolute Gasteiger partial charge is 0.375 e. The maximum absolute atomic E-state index is 9.49. The second kappa shape index (κ2) is 3.27. The number of aliphatic hydroxyl groups is 1. The lowest BCUT2D eigenvalue weighted by Gasteiger charge is -2.15. The van der Waals surface area contributed by atoms with Gasteiger partial charge < -0.3 is 5.11 Å². The van der Waals surface area contributed by atoms with E-state index in [1.165, 1.54) is 0 Å². The van der Waals surface area contributed by atoms with Gasteiger partial charge in [0, 0.05) is 0 Å². The number of nitrogens with zero attached hydrogens (tertiary/aromatic N) is 1. The van der Waals surface area contributed by atoms with Crippen LogP contribution in [-0.2, 0) is 0 Å². The van der Waals surface area contributed by atoms with E-state index in [9.17, 15) is 5.11 Å². The summed E-state index contributed by atoms with van der Waals surface area (Å²) in [5.41, 5.74) is -1.01. The van der Waals surface area contributed by atoms with Gasteiger partial charge in [-0.05, 0) is 30.8 Å². The molecule has 1 rings (SSSR count). The van der Waals surface area contributed by atoms with E-state index < -0.39 is 5.60 Å². The second-order valence-corrected chi connectivity index (χ2v) is 3.83. The molecule has 0 aromatic carbocycles. The molecule has 0 aromatic heterocycles. The normalized spacial score (nSPS) is 34.4. The predicted molar refractivity (Wildman–Crippen MR) is 41.7 cm³/mol. The minimum atomic E-state index is -1.01. The van der Waals surface area contributed by atoms with E-state index in [4.69, 9.17) is 5.26 Å². The summed E-state index contributed by atoms with van der Waals surface area (Å²) in [6.07, 6.45) is 2.25. The highest BCUT2D eigenvalue weighted by atomic mass is 32.2. The first kappa shape index (κ1) is 7.90. The van der Waals surface area contributed by atoms with Crippen LogP contribution in [0.1, 0.15) is 19.3 Å². The van der Waals surface area contributed by atoms with Gasteiger partial charge in [-0.1, -0.05) is 0 Å². The molecule has 3 heteroatoms. The van der Waals surface area contributed by atoms with Crippen LogP contribution < -0.4 is 0 Å². The molecule has 1 aliphatic rings. The maximum Gasteiger partial charge on any atom is 0.151 e. The molecular formula is C7H11NOS. The van der Waals surface area contributed by atoms with E-state index in [-0.39, 0.29) is 0 Å². The van der Waals surface area contributed by atoms with Crippen molar-refractivity contribution >= 4 is 11.8 Å². The fraction of sp³-hybridized carbons (Fsp3) is 0.857. The molecule has 0 spiro atoms. The summed E-state index contributed by atoms with van der Waals surface area (Å²) in [6.45, 7) is 0. The van der Waals surface area contributed by atoms with Crippen molar-refractivity contribution in [3.63, 3.8) is 0 Å². The van der Waals surface area contributed by atoms with Gasteiger partial charge in [0.25, 0.3) is 0 Å². The zero-order valence-electron chi connectivity index (χ0n) is 5.84.